The van der Waals surface area contributed by atoms with Crippen molar-refractivity contribution >= 4 is 5.97 Å². The van der Waals surface area contributed by atoms with E-state index in [0.717, 1.165) is 6.42 Å². The number of carboxylic acid groups (broad SMARTS) is 1. The second-order valence-corrected chi connectivity index (χ2v) is 3.82. The highest BCUT2D eigenvalue weighted by atomic mass is 16.4. The molecule has 2 saturated carbocycles. The first-order valence-corrected chi connectivity index (χ1v) is 4.06. The van der Waals surface area contributed by atoms with E-state index in [1.54, 1.807) is 0 Å². The molecule has 3 nitrogen and oxygen atoms in total. The van der Waals surface area contributed by atoms with Crippen LogP contribution in [0.25, 0.3) is 0 Å². The minimum Gasteiger partial charge on any atom is -0.481 e. The monoisotopic (exact) mass is 156 g/mol. The molecule has 0 aromatic heterocycles. The Labute approximate surface area is 65.0 Å². The third-order valence-corrected chi connectivity index (χ3v) is 3.27. The Morgan fingerprint density at radius 2 is 2.27 bits per heavy atom. The Morgan fingerprint density at radius 1 is 1.55 bits per heavy atom. The molecule has 2 fully saturated rings. The van der Waals surface area contributed by atoms with Crippen LogP contribution in [0.1, 0.15) is 25.7 Å². The number of rotatable bonds is 1. The van der Waals surface area contributed by atoms with Crippen molar-refractivity contribution in [1.29, 1.82) is 0 Å². The Kier molecular flexibility index (Phi) is 1.27. The smallest absolute Gasteiger partial charge is 0.312 e. The summed E-state index contributed by atoms with van der Waals surface area (Å²) in [4.78, 5) is 10.8. The van der Waals surface area contributed by atoms with Gasteiger partial charge in [-0.05, 0) is 31.6 Å². The van der Waals surface area contributed by atoms with Crippen molar-refractivity contribution in [2.24, 2.45) is 11.3 Å². The second kappa shape index (κ2) is 1.97. The van der Waals surface area contributed by atoms with Gasteiger partial charge in [0, 0.05) is 0 Å². The number of carbonyl (C=O) groups is 1. The lowest BCUT2D eigenvalue weighted by atomic mass is 9.82. The third kappa shape index (κ3) is 0.745. The summed E-state index contributed by atoms with van der Waals surface area (Å²) < 4.78 is 0. The molecule has 0 aliphatic heterocycles. The number of aliphatic hydroxyl groups is 1. The van der Waals surface area contributed by atoms with E-state index in [9.17, 15) is 9.90 Å². The molecule has 2 aliphatic rings. The van der Waals surface area contributed by atoms with Crippen molar-refractivity contribution in [2.75, 3.05) is 0 Å². The Hall–Kier alpha value is -0.570. The SMILES string of the molecule is O=C(O)[C@]12CC[C@@H](C[C@@H]1O)C2. The van der Waals surface area contributed by atoms with Crippen LogP contribution in [0.2, 0.25) is 0 Å². The lowest BCUT2D eigenvalue weighted by Gasteiger charge is -2.26. The van der Waals surface area contributed by atoms with Gasteiger partial charge in [-0.1, -0.05) is 0 Å². The summed E-state index contributed by atoms with van der Waals surface area (Å²) >= 11 is 0. The van der Waals surface area contributed by atoms with Crippen LogP contribution in [-0.4, -0.2) is 22.3 Å². The molecule has 0 unspecified atom stereocenters. The molecule has 3 heteroatoms. The van der Waals surface area contributed by atoms with Crippen molar-refractivity contribution in [3.05, 3.63) is 0 Å². The molecule has 3 atom stereocenters. The predicted molar refractivity (Wildman–Crippen MR) is 38.0 cm³/mol. The first-order chi connectivity index (χ1) is 5.15. The molecule has 0 amide bonds. The fourth-order valence-corrected chi connectivity index (χ4v) is 2.56. The van der Waals surface area contributed by atoms with E-state index < -0.39 is 17.5 Å². The minimum absolute atomic E-state index is 0.473. The van der Waals surface area contributed by atoms with E-state index in [1.165, 1.54) is 0 Å². The normalized spacial score (nSPS) is 48.1. The summed E-state index contributed by atoms with van der Waals surface area (Å²) in [5.74, 6) is -0.328. The molecular formula is C8H12O3. The maximum absolute atomic E-state index is 10.8. The zero-order valence-corrected chi connectivity index (χ0v) is 6.29. The van der Waals surface area contributed by atoms with Crippen molar-refractivity contribution in [1.82, 2.24) is 0 Å². The lowest BCUT2D eigenvalue weighted by molar-refractivity contribution is -0.154. The fourth-order valence-electron chi connectivity index (χ4n) is 2.56. The van der Waals surface area contributed by atoms with Gasteiger partial charge in [-0.3, -0.25) is 4.79 Å². The Morgan fingerprint density at radius 3 is 2.55 bits per heavy atom. The molecular weight excluding hydrogens is 144 g/mol. The van der Waals surface area contributed by atoms with E-state index in [4.69, 9.17) is 5.11 Å². The summed E-state index contributed by atoms with van der Waals surface area (Å²) in [6.07, 6.45) is 2.48. The van der Waals surface area contributed by atoms with E-state index >= 15 is 0 Å². The van der Waals surface area contributed by atoms with E-state index in [-0.39, 0.29) is 0 Å². The minimum atomic E-state index is -0.801. The van der Waals surface area contributed by atoms with Gasteiger partial charge >= 0.3 is 5.97 Å². The standard InChI is InChI=1S/C8H12O3/c9-6-3-5-1-2-8(6,4-5)7(10)11/h5-6,9H,1-4H2,(H,10,11)/t5-,6-,8-/m0/s1. The number of aliphatic carboxylic acids is 1. The Bertz CT molecular complexity index is 202. The molecule has 0 radical (unpaired) electrons. The first kappa shape index (κ1) is 7.10. The van der Waals surface area contributed by atoms with Crippen molar-refractivity contribution in [3.63, 3.8) is 0 Å². The fraction of sp³-hybridized carbons (Fsp3) is 0.875. The third-order valence-electron chi connectivity index (χ3n) is 3.27. The summed E-state index contributed by atoms with van der Waals surface area (Å²) in [6.45, 7) is 0. The van der Waals surface area contributed by atoms with E-state index in [2.05, 4.69) is 0 Å². The largest absolute Gasteiger partial charge is 0.481 e. The summed E-state index contributed by atoms with van der Waals surface area (Å²) in [7, 11) is 0. The highest BCUT2D eigenvalue weighted by Gasteiger charge is 2.56. The van der Waals surface area contributed by atoms with Crippen LogP contribution in [0, 0.1) is 11.3 Å². The van der Waals surface area contributed by atoms with Gasteiger partial charge in [-0.2, -0.15) is 0 Å². The zero-order valence-electron chi connectivity index (χ0n) is 6.29. The highest BCUT2D eigenvalue weighted by molar-refractivity contribution is 5.76. The number of hydrogen-bond acceptors (Lipinski definition) is 2. The van der Waals surface area contributed by atoms with Gasteiger partial charge in [0.15, 0.2) is 0 Å². The van der Waals surface area contributed by atoms with Gasteiger partial charge in [0.1, 0.15) is 0 Å². The maximum atomic E-state index is 10.8. The molecule has 62 valence electrons. The molecule has 2 aliphatic carbocycles. The topological polar surface area (TPSA) is 57.5 Å². The molecule has 0 heterocycles. The lowest BCUT2D eigenvalue weighted by Crippen LogP contribution is -2.37. The quantitative estimate of drug-likeness (QED) is 0.585. The van der Waals surface area contributed by atoms with Crippen LogP contribution in [0.4, 0.5) is 0 Å². The average Bonchev–Trinajstić information content (AvgIpc) is 2.43. The molecule has 11 heavy (non-hydrogen) atoms. The van der Waals surface area contributed by atoms with Crippen LogP contribution in [-0.2, 0) is 4.79 Å². The van der Waals surface area contributed by atoms with Crippen LogP contribution in [0.15, 0.2) is 0 Å². The molecule has 2 N–H and O–H groups in total. The highest BCUT2D eigenvalue weighted by Crippen LogP contribution is 2.54. The van der Waals surface area contributed by atoms with Crippen LogP contribution in [0.3, 0.4) is 0 Å². The summed E-state index contributed by atoms with van der Waals surface area (Å²) in [5, 5.41) is 18.4. The van der Waals surface area contributed by atoms with Gasteiger partial charge < -0.3 is 10.2 Å². The predicted octanol–water partition coefficient (Wildman–Crippen LogP) is 0.622. The van der Waals surface area contributed by atoms with Gasteiger partial charge in [0.05, 0.1) is 11.5 Å². The molecule has 0 saturated heterocycles. The number of hydrogen-bond donors (Lipinski definition) is 2. The average molecular weight is 156 g/mol. The number of aliphatic hydroxyl groups excluding tert-OH is 1. The van der Waals surface area contributed by atoms with E-state index in [0.29, 0.717) is 25.2 Å². The van der Waals surface area contributed by atoms with Gasteiger partial charge in [0.2, 0.25) is 0 Å². The molecule has 2 rings (SSSR count). The Balaban J connectivity index is 2.29. The van der Waals surface area contributed by atoms with Crippen LogP contribution >= 0.6 is 0 Å². The van der Waals surface area contributed by atoms with Crippen molar-refractivity contribution < 1.29 is 15.0 Å². The second-order valence-electron chi connectivity index (χ2n) is 3.82. The number of fused-ring (bicyclic) bond motifs is 2. The first-order valence-electron chi connectivity index (χ1n) is 4.06. The molecule has 0 spiro atoms. The van der Waals surface area contributed by atoms with Crippen LogP contribution in [0.5, 0.6) is 0 Å². The van der Waals surface area contributed by atoms with Crippen molar-refractivity contribution in [2.45, 2.75) is 31.8 Å². The molecule has 2 bridgehead atoms. The van der Waals surface area contributed by atoms with Crippen molar-refractivity contribution in [3.8, 4) is 0 Å². The zero-order chi connectivity index (χ0) is 8.06. The molecule has 0 aromatic rings. The molecule has 0 aromatic carbocycles. The van der Waals surface area contributed by atoms with Gasteiger partial charge in [0.25, 0.3) is 0 Å². The van der Waals surface area contributed by atoms with Crippen LogP contribution < -0.4 is 0 Å². The summed E-state index contributed by atoms with van der Waals surface area (Å²) in [6, 6.07) is 0. The summed E-state index contributed by atoms with van der Waals surface area (Å²) in [5.41, 5.74) is -0.759. The van der Waals surface area contributed by atoms with Gasteiger partial charge in [-0.15, -0.1) is 0 Å². The maximum Gasteiger partial charge on any atom is 0.312 e. The van der Waals surface area contributed by atoms with Gasteiger partial charge in [-0.25, -0.2) is 0 Å². The number of carboxylic acids is 1. The van der Waals surface area contributed by atoms with E-state index in [1.807, 2.05) is 0 Å².